The quantitative estimate of drug-likeness (QED) is 0.255. The Hall–Kier alpha value is -3.80. The minimum atomic E-state index is -0.897. The van der Waals surface area contributed by atoms with E-state index in [1.165, 1.54) is 4.90 Å². The van der Waals surface area contributed by atoms with Crippen molar-refractivity contribution in [1.82, 2.24) is 10.2 Å². The maximum absolute atomic E-state index is 13.7. The number of carbonyl (C=O) groups is 2. The molecule has 4 aromatic carbocycles. The minimum absolute atomic E-state index is 0.213. The molecule has 188 valence electrons. The van der Waals surface area contributed by atoms with Crippen molar-refractivity contribution in [2.45, 2.75) is 19.1 Å². The van der Waals surface area contributed by atoms with Crippen LogP contribution in [0.25, 0.3) is 0 Å². The molecule has 0 unspecified atom stereocenters. The summed E-state index contributed by atoms with van der Waals surface area (Å²) < 4.78 is 5.76. The summed E-state index contributed by atoms with van der Waals surface area (Å²) in [7, 11) is 0. The second-order valence-corrected chi connectivity index (χ2v) is 9.16. The molecular weight excluding hydrogens is 507 g/mol. The number of halogens is 2. The van der Waals surface area contributed by atoms with E-state index in [4.69, 9.17) is 27.9 Å². The van der Waals surface area contributed by atoms with Gasteiger partial charge in [0.1, 0.15) is 11.8 Å². The second-order valence-electron chi connectivity index (χ2n) is 8.35. The monoisotopic (exact) mass is 532 g/mol. The molecule has 37 heavy (non-hydrogen) atoms. The van der Waals surface area contributed by atoms with E-state index in [9.17, 15) is 9.59 Å². The fraction of sp³-hybridized carbons (Fsp3) is 0.133. The highest BCUT2D eigenvalue weighted by Gasteiger charge is 2.32. The van der Waals surface area contributed by atoms with Gasteiger partial charge < -0.3 is 15.0 Å². The first-order chi connectivity index (χ1) is 18.0. The van der Waals surface area contributed by atoms with Gasteiger partial charge in [0.15, 0.2) is 6.61 Å². The third kappa shape index (κ3) is 7.13. The second kappa shape index (κ2) is 12.9. The van der Waals surface area contributed by atoms with Crippen LogP contribution in [0.2, 0.25) is 10.0 Å². The van der Waals surface area contributed by atoms with Crippen molar-refractivity contribution in [2.24, 2.45) is 0 Å². The SMILES string of the molecule is O=C(NCc1ccccc1Cl)[C@H](c1ccccc1)N(Cc1ccccc1)C(=O)COc1ccccc1Cl. The zero-order valence-electron chi connectivity index (χ0n) is 20.0. The molecule has 0 aliphatic heterocycles. The van der Waals surface area contributed by atoms with Gasteiger partial charge in [0.2, 0.25) is 5.91 Å². The van der Waals surface area contributed by atoms with Crippen LogP contribution in [0.5, 0.6) is 5.75 Å². The Morgan fingerprint density at radius 2 is 1.35 bits per heavy atom. The fourth-order valence-corrected chi connectivity index (χ4v) is 4.31. The Bertz CT molecular complexity index is 1330. The normalized spacial score (nSPS) is 11.4. The van der Waals surface area contributed by atoms with Crippen molar-refractivity contribution in [3.05, 3.63) is 136 Å². The number of nitrogens with one attached hydrogen (secondary N) is 1. The molecule has 0 radical (unpaired) electrons. The van der Waals surface area contributed by atoms with Crippen LogP contribution >= 0.6 is 23.2 Å². The number of rotatable bonds is 10. The van der Waals surface area contributed by atoms with Crippen LogP contribution in [0.3, 0.4) is 0 Å². The lowest BCUT2D eigenvalue weighted by Crippen LogP contribution is -2.45. The molecule has 5 nitrogen and oxygen atoms in total. The topological polar surface area (TPSA) is 58.6 Å². The van der Waals surface area contributed by atoms with Crippen LogP contribution in [-0.4, -0.2) is 23.3 Å². The predicted molar refractivity (Wildman–Crippen MR) is 146 cm³/mol. The molecule has 0 aliphatic rings. The van der Waals surface area contributed by atoms with Gasteiger partial charge in [-0.25, -0.2) is 0 Å². The van der Waals surface area contributed by atoms with Gasteiger partial charge in [-0.1, -0.05) is 114 Å². The van der Waals surface area contributed by atoms with E-state index in [0.29, 0.717) is 21.4 Å². The third-order valence-electron chi connectivity index (χ3n) is 5.79. The fourth-order valence-electron chi connectivity index (χ4n) is 3.92. The van der Waals surface area contributed by atoms with Gasteiger partial charge in [0, 0.05) is 18.1 Å². The molecule has 0 heterocycles. The van der Waals surface area contributed by atoms with E-state index in [2.05, 4.69) is 5.32 Å². The van der Waals surface area contributed by atoms with E-state index in [-0.39, 0.29) is 31.5 Å². The van der Waals surface area contributed by atoms with Gasteiger partial charge in [0.25, 0.3) is 5.91 Å². The summed E-state index contributed by atoms with van der Waals surface area (Å²) in [5, 5.41) is 3.93. The number of benzene rings is 4. The number of carbonyl (C=O) groups excluding carboxylic acids is 2. The number of para-hydroxylation sites is 1. The Kier molecular flexibility index (Phi) is 9.19. The Balaban J connectivity index is 1.63. The maximum atomic E-state index is 13.7. The number of hydrogen-bond donors (Lipinski definition) is 1. The van der Waals surface area contributed by atoms with Gasteiger partial charge in [-0.05, 0) is 34.9 Å². The Labute approximate surface area is 226 Å². The maximum Gasteiger partial charge on any atom is 0.261 e. The lowest BCUT2D eigenvalue weighted by Gasteiger charge is -2.31. The zero-order chi connectivity index (χ0) is 26.0. The lowest BCUT2D eigenvalue weighted by atomic mass is 10.0. The summed E-state index contributed by atoms with van der Waals surface area (Å²) in [5.74, 6) is -0.282. The molecule has 1 atom stereocenters. The molecule has 0 saturated heterocycles. The van der Waals surface area contributed by atoms with Gasteiger partial charge in [-0.15, -0.1) is 0 Å². The van der Waals surface area contributed by atoms with Gasteiger partial charge in [0.05, 0.1) is 5.02 Å². The molecule has 0 bridgehead atoms. The van der Waals surface area contributed by atoms with Crippen molar-refractivity contribution in [3.63, 3.8) is 0 Å². The molecule has 0 spiro atoms. The molecule has 1 N–H and O–H groups in total. The van der Waals surface area contributed by atoms with Crippen LogP contribution in [-0.2, 0) is 22.7 Å². The summed E-state index contributed by atoms with van der Waals surface area (Å²) in [4.78, 5) is 28.9. The first-order valence-corrected chi connectivity index (χ1v) is 12.6. The molecule has 4 rings (SSSR count). The van der Waals surface area contributed by atoms with E-state index in [0.717, 1.165) is 11.1 Å². The summed E-state index contributed by atoms with van der Waals surface area (Å²) in [6.45, 7) is 0.160. The lowest BCUT2D eigenvalue weighted by molar-refractivity contribution is -0.143. The summed E-state index contributed by atoms with van der Waals surface area (Å²) in [5.41, 5.74) is 2.35. The van der Waals surface area contributed by atoms with Crippen LogP contribution in [0.1, 0.15) is 22.7 Å². The first-order valence-electron chi connectivity index (χ1n) is 11.8. The average molecular weight is 533 g/mol. The standard InChI is InChI=1S/C30H26Cl2N2O3/c31-25-16-8-7-15-24(25)19-33-30(36)29(23-13-5-2-6-14-23)34(20-22-11-3-1-4-12-22)28(35)21-37-27-18-10-9-17-26(27)32/h1-18,29H,19-21H2,(H,33,36)/t29-/m0/s1. The third-order valence-corrected chi connectivity index (χ3v) is 6.47. The van der Waals surface area contributed by atoms with Crippen molar-refractivity contribution < 1.29 is 14.3 Å². The summed E-state index contributed by atoms with van der Waals surface area (Å²) in [6, 6.07) is 32.1. The summed E-state index contributed by atoms with van der Waals surface area (Å²) >= 11 is 12.5. The van der Waals surface area contributed by atoms with Crippen LogP contribution in [0.4, 0.5) is 0 Å². The minimum Gasteiger partial charge on any atom is -0.482 e. The van der Waals surface area contributed by atoms with Gasteiger partial charge in [-0.3, -0.25) is 9.59 Å². The van der Waals surface area contributed by atoms with Crippen LogP contribution in [0, 0.1) is 0 Å². The molecule has 2 amide bonds. The zero-order valence-corrected chi connectivity index (χ0v) is 21.5. The van der Waals surface area contributed by atoms with Gasteiger partial charge in [-0.2, -0.15) is 0 Å². The Morgan fingerprint density at radius 1 is 0.757 bits per heavy atom. The molecular formula is C30H26Cl2N2O3. The Morgan fingerprint density at radius 3 is 2.03 bits per heavy atom. The molecule has 4 aromatic rings. The first kappa shape index (κ1) is 26.3. The van der Waals surface area contributed by atoms with Gasteiger partial charge >= 0.3 is 0 Å². The largest absolute Gasteiger partial charge is 0.482 e. The summed E-state index contributed by atoms with van der Waals surface area (Å²) in [6.07, 6.45) is 0. The van der Waals surface area contributed by atoms with Crippen LogP contribution < -0.4 is 10.1 Å². The number of amides is 2. The van der Waals surface area contributed by atoms with E-state index >= 15 is 0 Å². The van der Waals surface area contributed by atoms with Crippen molar-refractivity contribution >= 4 is 35.0 Å². The molecule has 0 fully saturated rings. The average Bonchev–Trinajstić information content (AvgIpc) is 2.93. The van der Waals surface area contributed by atoms with E-state index in [1.807, 2.05) is 78.9 Å². The molecule has 0 aromatic heterocycles. The smallest absolute Gasteiger partial charge is 0.261 e. The predicted octanol–water partition coefficient (Wildman–Crippen LogP) is 6.46. The van der Waals surface area contributed by atoms with Crippen LogP contribution in [0.15, 0.2) is 109 Å². The number of nitrogens with zero attached hydrogens (tertiary/aromatic N) is 1. The molecule has 7 heteroatoms. The molecule has 0 aliphatic carbocycles. The highest BCUT2D eigenvalue weighted by molar-refractivity contribution is 6.32. The molecule has 0 saturated carbocycles. The van der Waals surface area contributed by atoms with E-state index in [1.54, 1.807) is 30.3 Å². The van der Waals surface area contributed by atoms with Crippen molar-refractivity contribution in [1.29, 1.82) is 0 Å². The highest BCUT2D eigenvalue weighted by Crippen LogP contribution is 2.26. The number of hydrogen-bond acceptors (Lipinski definition) is 3. The number of ether oxygens (including phenoxy) is 1. The highest BCUT2D eigenvalue weighted by atomic mass is 35.5. The van der Waals surface area contributed by atoms with E-state index < -0.39 is 6.04 Å². The van der Waals surface area contributed by atoms with Crippen molar-refractivity contribution in [2.75, 3.05) is 6.61 Å². The van der Waals surface area contributed by atoms with Crippen molar-refractivity contribution in [3.8, 4) is 5.75 Å².